The van der Waals surface area contributed by atoms with Crippen molar-refractivity contribution in [3.63, 3.8) is 0 Å². The molecule has 0 spiro atoms. The standard InChI is InChI=1S/C7H12N2O/c1-2-7(6-8)9-4-3-5-10-9/h7H,2-5H2,1H3. The molecule has 1 aliphatic rings. The Bertz CT molecular complexity index is 135. The summed E-state index contributed by atoms with van der Waals surface area (Å²) in [5.74, 6) is 0. The quantitative estimate of drug-likeness (QED) is 0.572. The van der Waals surface area contributed by atoms with Gasteiger partial charge in [0.05, 0.1) is 12.7 Å². The van der Waals surface area contributed by atoms with Crippen molar-refractivity contribution in [3.8, 4) is 6.07 Å². The van der Waals surface area contributed by atoms with E-state index in [-0.39, 0.29) is 6.04 Å². The van der Waals surface area contributed by atoms with E-state index in [4.69, 9.17) is 10.1 Å². The van der Waals surface area contributed by atoms with E-state index in [0.717, 1.165) is 26.0 Å². The molecule has 0 amide bonds. The average molecular weight is 140 g/mol. The molecule has 1 heterocycles. The monoisotopic (exact) mass is 140 g/mol. The summed E-state index contributed by atoms with van der Waals surface area (Å²) in [6, 6.07) is 2.16. The fourth-order valence-corrected chi connectivity index (χ4v) is 1.07. The zero-order valence-corrected chi connectivity index (χ0v) is 6.21. The van der Waals surface area contributed by atoms with Gasteiger partial charge in [0.15, 0.2) is 0 Å². The molecule has 0 aromatic heterocycles. The van der Waals surface area contributed by atoms with Crippen LogP contribution in [0.3, 0.4) is 0 Å². The molecule has 1 aliphatic heterocycles. The summed E-state index contributed by atoms with van der Waals surface area (Å²) in [6.45, 7) is 3.68. The first kappa shape index (κ1) is 7.52. The molecule has 1 atom stereocenters. The molecule has 0 aliphatic carbocycles. The lowest BCUT2D eigenvalue weighted by atomic mass is 10.2. The first-order valence-electron chi connectivity index (χ1n) is 3.67. The van der Waals surface area contributed by atoms with Crippen LogP contribution in [-0.4, -0.2) is 24.3 Å². The maximum absolute atomic E-state index is 8.61. The van der Waals surface area contributed by atoms with Crippen LogP contribution in [0.25, 0.3) is 0 Å². The third-order valence-electron chi connectivity index (χ3n) is 1.66. The zero-order valence-electron chi connectivity index (χ0n) is 6.21. The van der Waals surface area contributed by atoms with Crippen molar-refractivity contribution in [2.45, 2.75) is 25.8 Å². The van der Waals surface area contributed by atoms with Crippen LogP contribution in [0.1, 0.15) is 19.8 Å². The van der Waals surface area contributed by atoms with Gasteiger partial charge in [-0.1, -0.05) is 6.92 Å². The van der Waals surface area contributed by atoms with Crippen LogP contribution in [0, 0.1) is 11.3 Å². The number of nitrogens with zero attached hydrogens (tertiary/aromatic N) is 2. The summed E-state index contributed by atoms with van der Waals surface area (Å²) < 4.78 is 0. The Morgan fingerprint density at radius 1 is 1.80 bits per heavy atom. The second-order valence-corrected chi connectivity index (χ2v) is 2.38. The highest BCUT2D eigenvalue weighted by atomic mass is 16.7. The van der Waals surface area contributed by atoms with E-state index in [2.05, 4.69) is 6.07 Å². The Hall–Kier alpha value is -0.590. The van der Waals surface area contributed by atoms with Gasteiger partial charge in [0, 0.05) is 6.54 Å². The summed E-state index contributed by atoms with van der Waals surface area (Å²) in [5, 5.41) is 10.4. The van der Waals surface area contributed by atoms with Crippen molar-refractivity contribution in [1.29, 1.82) is 5.26 Å². The normalized spacial score (nSPS) is 22.4. The first-order chi connectivity index (χ1) is 4.88. The Kier molecular flexibility index (Phi) is 2.67. The minimum Gasteiger partial charge on any atom is -0.298 e. The molecule has 1 saturated heterocycles. The SMILES string of the molecule is CCC(C#N)N1CCCO1. The molecule has 0 aromatic rings. The smallest absolute Gasteiger partial charge is 0.121 e. The van der Waals surface area contributed by atoms with E-state index in [0.29, 0.717) is 0 Å². The molecule has 3 heteroatoms. The molecule has 0 N–H and O–H groups in total. The Labute approximate surface area is 61.1 Å². The predicted octanol–water partition coefficient (Wildman–Crippen LogP) is 0.926. The molecular weight excluding hydrogens is 128 g/mol. The van der Waals surface area contributed by atoms with E-state index in [9.17, 15) is 0 Å². The second kappa shape index (κ2) is 3.55. The van der Waals surface area contributed by atoms with E-state index < -0.39 is 0 Å². The summed E-state index contributed by atoms with van der Waals surface area (Å²) in [4.78, 5) is 5.21. The number of rotatable bonds is 2. The van der Waals surface area contributed by atoms with Gasteiger partial charge in [-0.15, -0.1) is 0 Å². The lowest BCUT2D eigenvalue weighted by Crippen LogP contribution is -2.29. The van der Waals surface area contributed by atoms with Gasteiger partial charge in [0.1, 0.15) is 6.04 Å². The molecule has 1 rings (SSSR count). The van der Waals surface area contributed by atoms with Crippen molar-refractivity contribution < 1.29 is 4.84 Å². The molecule has 1 fully saturated rings. The molecule has 10 heavy (non-hydrogen) atoms. The fourth-order valence-electron chi connectivity index (χ4n) is 1.07. The van der Waals surface area contributed by atoms with Crippen LogP contribution in [0.2, 0.25) is 0 Å². The van der Waals surface area contributed by atoms with Gasteiger partial charge in [-0.3, -0.25) is 4.84 Å². The molecular formula is C7H12N2O. The van der Waals surface area contributed by atoms with Gasteiger partial charge >= 0.3 is 0 Å². The molecule has 1 unspecified atom stereocenters. The second-order valence-electron chi connectivity index (χ2n) is 2.38. The van der Waals surface area contributed by atoms with E-state index in [1.54, 1.807) is 5.06 Å². The van der Waals surface area contributed by atoms with Gasteiger partial charge in [0.2, 0.25) is 0 Å². The maximum atomic E-state index is 8.61. The highest BCUT2D eigenvalue weighted by molar-refractivity contribution is 4.88. The molecule has 0 bridgehead atoms. The lowest BCUT2D eigenvalue weighted by Gasteiger charge is -2.17. The predicted molar refractivity (Wildman–Crippen MR) is 37.0 cm³/mol. The number of hydrogen-bond acceptors (Lipinski definition) is 3. The maximum Gasteiger partial charge on any atom is 0.121 e. The largest absolute Gasteiger partial charge is 0.298 e. The van der Waals surface area contributed by atoms with E-state index in [1.807, 2.05) is 6.92 Å². The fraction of sp³-hybridized carbons (Fsp3) is 0.857. The Balaban J connectivity index is 2.38. The number of hydroxylamine groups is 2. The van der Waals surface area contributed by atoms with Crippen LogP contribution >= 0.6 is 0 Å². The number of hydrogen-bond donors (Lipinski definition) is 0. The van der Waals surface area contributed by atoms with Gasteiger partial charge in [0.25, 0.3) is 0 Å². The average Bonchev–Trinajstić information content (AvgIpc) is 2.43. The van der Waals surface area contributed by atoms with Crippen molar-refractivity contribution in [3.05, 3.63) is 0 Å². The van der Waals surface area contributed by atoms with Crippen molar-refractivity contribution in [2.24, 2.45) is 0 Å². The minimum atomic E-state index is -0.0394. The van der Waals surface area contributed by atoms with Gasteiger partial charge in [-0.05, 0) is 12.8 Å². The van der Waals surface area contributed by atoms with Crippen LogP contribution in [-0.2, 0) is 4.84 Å². The van der Waals surface area contributed by atoms with E-state index >= 15 is 0 Å². The molecule has 0 saturated carbocycles. The van der Waals surface area contributed by atoms with Crippen LogP contribution < -0.4 is 0 Å². The minimum absolute atomic E-state index is 0.0394. The Morgan fingerprint density at radius 3 is 3.00 bits per heavy atom. The zero-order chi connectivity index (χ0) is 7.40. The third-order valence-corrected chi connectivity index (χ3v) is 1.66. The topological polar surface area (TPSA) is 36.3 Å². The van der Waals surface area contributed by atoms with Crippen LogP contribution in [0.4, 0.5) is 0 Å². The molecule has 0 radical (unpaired) electrons. The Morgan fingerprint density at radius 2 is 2.60 bits per heavy atom. The first-order valence-corrected chi connectivity index (χ1v) is 3.67. The van der Waals surface area contributed by atoms with Gasteiger partial charge < -0.3 is 0 Å². The van der Waals surface area contributed by atoms with Crippen molar-refractivity contribution in [2.75, 3.05) is 13.2 Å². The summed E-state index contributed by atoms with van der Waals surface area (Å²) in [5.41, 5.74) is 0. The van der Waals surface area contributed by atoms with Crippen LogP contribution in [0.5, 0.6) is 0 Å². The summed E-state index contributed by atoms with van der Waals surface area (Å²) in [7, 11) is 0. The van der Waals surface area contributed by atoms with Crippen molar-refractivity contribution in [1.82, 2.24) is 5.06 Å². The molecule has 0 aromatic carbocycles. The summed E-state index contributed by atoms with van der Waals surface area (Å²) in [6.07, 6.45) is 1.90. The number of nitriles is 1. The van der Waals surface area contributed by atoms with Crippen molar-refractivity contribution >= 4 is 0 Å². The van der Waals surface area contributed by atoms with E-state index in [1.165, 1.54) is 0 Å². The van der Waals surface area contributed by atoms with Gasteiger partial charge in [-0.2, -0.15) is 10.3 Å². The summed E-state index contributed by atoms with van der Waals surface area (Å²) >= 11 is 0. The van der Waals surface area contributed by atoms with Gasteiger partial charge in [-0.25, -0.2) is 0 Å². The van der Waals surface area contributed by atoms with Crippen LogP contribution in [0.15, 0.2) is 0 Å². The highest BCUT2D eigenvalue weighted by Gasteiger charge is 2.20. The molecule has 3 nitrogen and oxygen atoms in total. The lowest BCUT2D eigenvalue weighted by molar-refractivity contribution is -0.127. The third kappa shape index (κ3) is 1.47. The highest BCUT2D eigenvalue weighted by Crippen LogP contribution is 2.10. The molecule has 56 valence electrons.